The number of nitrogens with one attached hydrogen (secondary N) is 1. The van der Waals surface area contributed by atoms with Crippen molar-refractivity contribution in [2.24, 2.45) is 0 Å². The summed E-state index contributed by atoms with van der Waals surface area (Å²) in [5.41, 5.74) is 1.14. The van der Waals surface area contributed by atoms with E-state index < -0.39 is 6.10 Å². The van der Waals surface area contributed by atoms with E-state index in [9.17, 15) is 4.79 Å². The van der Waals surface area contributed by atoms with E-state index >= 15 is 0 Å². The molecule has 0 bridgehead atoms. The first-order chi connectivity index (χ1) is 10.5. The lowest BCUT2D eigenvalue weighted by atomic mass is 10.0. The summed E-state index contributed by atoms with van der Waals surface area (Å²) >= 11 is 0. The highest BCUT2D eigenvalue weighted by Crippen LogP contribution is 2.26. The number of likely N-dealkylation sites (tertiary alicyclic amines) is 1. The van der Waals surface area contributed by atoms with Crippen molar-refractivity contribution < 1.29 is 9.53 Å². The fourth-order valence-corrected chi connectivity index (χ4v) is 2.78. The SMILES string of the molecule is CC(Oc1ccccc1C(C)C)C(=O)NC1CCN(C)CC1. The van der Waals surface area contributed by atoms with Crippen LogP contribution in [0.3, 0.4) is 0 Å². The van der Waals surface area contributed by atoms with Crippen molar-refractivity contribution in [3.8, 4) is 5.75 Å². The van der Waals surface area contributed by atoms with Crippen molar-refractivity contribution in [3.63, 3.8) is 0 Å². The number of ether oxygens (including phenoxy) is 1. The van der Waals surface area contributed by atoms with Gasteiger partial charge in [0.2, 0.25) is 0 Å². The average molecular weight is 304 g/mol. The van der Waals surface area contributed by atoms with Crippen LogP contribution in [0.4, 0.5) is 0 Å². The summed E-state index contributed by atoms with van der Waals surface area (Å²) in [6, 6.07) is 8.22. The second-order valence-corrected chi connectivity index (χ2v) is 6.54. The molecule has 0 aromatic heterocycles. The number of carbonyl (C=O) groups is 1. The van der Waals surface area contributed by atoms with E-state index in [1.54, 1.807) is 0 Å². The molecular weight excluding hydrogens is 276 g/mol. The topological polar surface area (TPSA) is 41.6 Å². The van der Waals surface area contributed by atoms with Crippen LogP contribution in [0.2, 0.25) is 0 Å². The summed E-state index contributed by atoms with van der Waals surface area (Å²) in [6.07, 6.45) is 1.55. The summed E-state index contributed by atoms with van der Waals surface area (Å²) in [4.78, 5) is 14.6. The third kappa shape index (κ3) is 4.47. The van der Waals surface area contributed by atoms with Crippen LogP contribution in [0.5, 0.6) is 5.75 Å². The van der Waals surface area contributed by atoms with Gasteiger partial charge in [-0.2, -0.15) is 0 Å². The van der Waals surface area contributed by atoms with Gasteiger partial charge < -0.3 is 15.0 Å². The van der Waals surface area contributed by atoms with Gasteiger partial charge in [-0.05, 0) is 57.5 Å². The predicted octanol–water partition coefficient (Wildman–Crippen LogP) is 2.79. The number of hydrogen-bond acceptors (Lipinski definition) is 3. The summed E-state index contributed by atoms with van der Waals surface area (Å²) in [6.45, 7) is 8.16. The van der Waals surface area contributed by atoms with Crippen molar-refractivity contribution in [1.82, 2.24) is 10.2 Å². The van der Waals surface area contributed by atoms with Crippen LogP contribution in [0.25, 0.3) is 0 Å². The van der Waals surface area contributed by atoms with Gasteiger partial charge in [-0.1, -0.05) is 32.0 Å². The van der Waals surface area contributed by atoms with Crippen molar-refractivity contribution in [1.29, 1.82) is 0 Å². The highest BCUT2D eigenvalue weighted by Gasteiger charge is 2.22. The molecule has 1 aliphatic heterocycles. The molecular formula is C18H28N2O2. The molecule has 0 radical (unpaired) electrons. The minimum atomic E-state index is -0.473. The minimum Gasteiger partial charge on any atom is -0.481 e. The van der Waals surface area contributed by atoms with E-state index in [0.717, 1.165) is 37.2 Å². The molecule has 0 saturated carbocycles. The van der Waals surface area contributed by atoms with E-state index in [2.05, 4.69) is 37.2 Å². The third-order valence-corrected chi connectivity index (χ3v) is 4.28. The lowest BCUT2D eigenvalue weighted by molar-refractivity contribution is -0.128. The van der Waals surface area contributed by atoms with E-state index in [1.165, 1.54) is 0 Å². The molecule has 4 heteroatoms. The quantitative estimate of drug-likeness (QED) is 0.909. The Labute approximate surface area is 133 Å². The molecule has 1 saturated heterocycles. The standard InChI is InChI=1S/C18H28N2O2/c1-13(2)16-7-5-6-8-17(16)22-14(3)18(21)19-15-9-11-20(4)12-10-15/h5-8,13-15H,9-12H2,1-4H3,(H,19,21). The molecule has 22 heavy (non-hydrogen) atoms. The van der Waals surface area contributed by atoms with Crippen LogP contribution in [-0.4, -0.2) is 43.1 Å². The largest absolute Gasteiger partial charge is 0.481 e. The van der Waals surface area contributed by atoms with Crippen LogP contribution in [0, 0.1) is 0 Å². The molecule has 1 aliphatic rings. The lowest BCUT2D eigenvalue weighted by Gasteiger charge is -2.30. The maximum Gasteiger partial charge on any atom is 0.260 e. The summed E-state index contributed by atoms with van der Waals surface area (Å²) in [5, 5.41) is 3.12. The number of carbonyl (C=O) groups excluding carboxylic acids is 1. The number of nitrogens with zero attached hydrogens (tertiary/aromatic N) is 1. The van der Waals surface area contributed by atoms with Crippen LogP contribution < -0.4 is 10.1 Å². The lowest BCUT2D eigenvalue weighted by Crippen LogP contribution is -2.47. The number of amides is 1. The summed E-state index contributed by atoms with van der Waals surface area (Å²) in [7, 11) is 2.12. The van der Waals surface area contributed by atoms with E-state index in [0.29, 0.717) is 5.92 Å². The normalized spacial score (nSPS) is 18.2. The van der Waals surface area contributed by atoms with Crippen molar-refractivity contribution in [2.75, 3.05) is 20.1 Å². The van der Waals surface area contributed by atoms with Crippen molar-refractivity contribution in [2.45, 2.75) is 51.7 Å². The van der Waals surface area contributed by atoms with Gasteiger partial charge in [-0.15, -0.1) is 0 Å². The Balaban J connectivity index is 1.91. The monoisotopic (exact) mass is 304 g/mol. The molecule has 1 amide bonds. The Morgan fingerprint density at radius 3 is 2.50 bits per heavy atom. The fourth-order valence-electron chi connectivity index (χ4n) is 2.78. The first-order valence-electron chi connectivity index (χ1n) is 8.22. The van der Waals surface area contributed by atoms with Crippen molar-refractivity contribution >= 4 is 5.91 Å². The predicted molar refractivity (Wildman–Crippen MR) is 89.3 cm³/mol. The summed E-state index contributed by atoms with van der Waals surface area (Å²) < 4.78 is 5.91. The number of benzene rings is 1. The molecule has 1 fully saturated rings. The Morgan fingerprint density at radius 2 is 1.86 bits per heavy atom. The van der Waals surface area contributed by atoms with Gasteiger partial charge in [0.25, 0.3) is 5.91 Å². The molecule has 2 rings (SSSR count). The molecule has 1 aromatic rings. The second-order valence-electron chi connectivity index (χ2n) is 6.54. The second kappa shape index (κ2) is 7.63. The van der Waals surface area contributed by atoms with Crippen LogP contribution in [-0.2, 0) is 4.79 Å². The van der Waals surface area contributed by atoms with Crippen molar-refractivity contribution in [3.05, 3.63) is 29.8 Å². The fraction of sp³-hybridized carbons (Fsp3) is 0.611. The zero-order valence-corrected chi connectivity index (χ0v) is 14.1. The van der Waals surface area contributed by atoms with E-state index in [-0.39, 0.29) is 11.9 Å². The Hall–Kier alpha value is -1.55. The highest BCUT2D eigenvalue weighted by molar-refractivity contribution is 5.81. The zero-order valence-electron chi connectivity index (χ0n) is 14.1. The van der Waals surface area contributed by atoms with E-state index in [1.807, 2.05) is 25.1 Å². The van der Waals surface area contributed by atoms with Gasteiger partial charge in [-0.25, -0.2) is 0 Å². The number of piperidine rings is 1. The zero-order chi connectivity index (χ0) is 16.1. The Morgan fingerprint density at radius 1 is 1.23 bits per heavy atom. The van der Waals surface area contributed by atoms with Crippen LogP contribution in [0.1, 0.15) is 45.1 Å². The van der Waals surface area contributed by atoms with Gasteiger partial charge >= 0.3 is 0 Å². The van der Waals surface area contributed by atoms with Gasteiger partial charge in [-0.3, -0.25) is 4.79 Å². The number of rotatable bonds is 5. The smallest absolute Gasteiger partial charge is 0.260 e. The molecule has 1 heterocycles. The molecule has 1 atom stereocenters. The Kier molecular flexibility index (Phi) is 5.83. The van der Waals surface area contributed by atoms with Gasteiger partial charge in [0.15, 0.2) is 6.10 Å². The first-order valence-corrected chi connectivity index (χ1v) is 8.22. The average Bonchev–Trinajstić information content (AvgIpc) is 2.49. The molecule has 122 valence electrons. The molecule has 0 spiro atoms. The van der Waals surface area contributed by atoms with Gasteiger partial charge in [0.1, 0.15) is 5.75 Å². The number of hydrogen-bond donors (Lipinski definition) is 1. The molecule has 1 unspecified atom stereocenters. The van der Waals surface area contributed by atoms with Crippen LogP contribution >= 0.6 is 0 Å². The first kappa shape index (κ1) is 16.8. The van der Waals surface area contributed by atoms with Gasteiger partial charge in [0.05, 0.1) is 0 Å². The maximum absolute atomic E-state index is 12.3. The highest BCUT2D eigenvalue weighted by atomic mass is 16.5. The van der Waals surface area contributed by atoms with Crippen LogP contribution in [0.15, 0.2) is 24.3 Å². The third-order valence-electron chi connectivity index (χ3n) is 4.28. The Bertz CT molecular complexity index is 494. The molecule has 1 N–H and O–H groups in total. The molecule has 1 aromatic carbocycles. The van der Waals surface area contributed by atoms with Gasteiger partial charge in [0, 0.05) is 6.04 Å². The maximum atomic E-state index is 12.3. The molecule has 0 aliphatic carbocycles. The summed E-state index contributed by atoms with van der Waals surface area (Å²) in [5.74, 6) is 1.16. The number of para-hydroxylation sites is 1. The van der Waals surface area contributed by atoms with E-state index in [4.69, 9.17) is 4.74 Å². The minimum absolute atomic E-state index is 0.0203. The molecule has 4 nitrogen and oxygen atoms in total.